The maximum absolute atomic E-state index is 12.0. The smallest absolute Gasteiger partial charge is 0.243 e. The van der Waals surface area contributed by atoms with Gasteiger partial charge in [-0.1, -0.05) is 11.6 Å². The molecular formula is C10H15ClN2O4S. The number of aromatic nitrogens is 1. The molecule has 0 aliphatic carbocycles. The maximum atomic E-state index is 12.0. The van der Waals surface area contributed by atoms with Crippen LogP contribution in [0.2, 0.25) is 5.02 Å². The summed E-state index contributed by atoms with van der Waals surface area (Å²) in [5.74, 6) is 0. The summed E-state index contributed by atoms with van der Waals surface area (Å²) in [7, 11) is -2.32. The van der Waals surface area contributed by atoms with Crippen LogP contribution in [0.15, 0.2) is 23.4 Å². The average Bonchev–Trinajstić information content (AvgIpc) is 2.29. The highest BCUT2D eigenvalue weighted by atomic mass is 35.5. The molecule has 8 heteroatoms. The SMILES string of the molecule is COCC(CCO)NS(=O)(=O)c1cnccc1Cl. The van der Waals surface area contributed by atoms with Gasteiger partial charge in [0.05, 0.1) is 11.6 Å². The van der Waals surface area contributed by atoms with E-state index in [1.165, 1.54) is 25.6 Å². The number of methoxy groups -OCH3 is 1. The highest BCUT2D eigenvalue weighted by Gasteiger charge is 2.22. The van der Waals surface area contributed by atoms with E-state index in [0.29, 0.717) is 0 Å². The summed E-state index contributed by atoms with van der Waals surface area (Å²) in [4.78, 5) is 3.63. The van der Waals surface area contributed by atoms with Gasteiger partial charge in [-0.05, 0) is 12.5 Å². The number of nitrogens with one attached hydrogen (secondary N) is 1. The van der Waals surface area contributed by atoms with Gasteiger partial charge in [0.2, 0.25) is 10.0 Å². The predicted molar refractivity (Wildman–Crippen MR) is 66.9 cm³/mol. The third-order valence-corrected chi connectivity index (χ3v) is 4.18. The first-order chi connectivity index (χ1) is 8.51. The van der Waals surface area contributed by atoms with Gasteiger partial charge in [0.1, 0.15) is 4.90 Å². The van der Waals surface area contributed by atoms with Crippen molar-refractivity contribution in [3.63, 3.8) is 0 Å². The Hall–Kier alpha value is -0.730. The van der Waals surface area contributed by atoms with Crippen LogP contribution in [0.3, 0.4) is 0 Å². The van der Waals surface area contributed by atoms with Crippen molar-refractivity contribution in [2.45, 2.75) is 17.4 Å². The molecule has 2 N–H and O–H groups in total. The quantitative estimate of drug-likeness (QED) is 0.760. The number of aliphatic hydroxyl groups is 1. The first kappa shape index (κ1) is 15.3. The number of pyridine rings is 1. The molecule has 0 radical (unpaired) electrons. The van der Waals surface area contributed by atoms with Crippen LogP contribution >= 0.6 is 11.6 Å². The molecule has 1 aromatic heterocycles. The Bertz CT molecular complexity index is 475. The van der Waals surface area contributed by atoms with Crippen LogP contribution < -0.4 is 4.72 Å². The zero-order valence-corrected chi connectivity index (χ0v) is 11.4. The molecule has 1 rings (SSSR count). The van der Waals surface area contributed by atoms with Gasteiger partial charge in [-0.3, -0.25) is 4.98 Å². The number of nitrogens with zero attached hydrogens (tertiary/aromatic N) is 1. The van der Waals surface area contributed by atoms with Crippen molar-refractivity contribution in [1.82, 2.24) is 9.71 Å². The zero-order chi connectivity index (χ0) is 13.6. The molecule has 0 saturated heterocycles. The largest absolute Gasteiger partial charge is 0.396 e. The molecular weight excluding hydrogens is 280 g/mol. The molecule has 0 spiro atoms. The van der Waals surface area contributed by atoms with Crippen molar-refractivity contribution < 1.29 is 18.3 Å². The number of hydrogen-bond acceptors (Lipinski definition) is 5. The van der Waals surface area contributed by atoms with Crippen LogP contribution in [0, 0.1) is 0 Å². The number of aliphatic hydroxyl groups excluding tert-OH is 1. The molecule has 0 amide bonds. The number of sulfonamides is 1. The van der Waals surface area contributed by atoms with Crippen molar-refractivity contribution in [2.75, 3.05) is 20.3 Å². The molecule has 6 nitrogen and oxygen atoms in total. The van der Waals surface area contributed by atoms with E-state index in [1.807, 2.05) is 0 Å². The first-order valence-electron chi connectivity index (χ1n) is 5.23. The molecule has 0 aliphatic heterocycles. The van der Waals surface area contributed by atoms with Crippen LogP contribution in [0.4, 0.5) is 0 Å². The summed E-state index contributed by atoms with van der Waals surface area (Å²) in [5.41, 5.74) is 0. The lowest BCUT2D eigenvalue weighted by atomic mass is 10.2. The van der Waals surface area contributed by atoms with Gasteiger partial charge in [-0.2, -0.15) is 0 Å². The lowest BCUT2D eigenvalue weighted by Gasteiger charge is -2.17. The maximum Gasteiger partial charge on any atom is 0.243 e. The summed E-state index contributed by atoms with van der Waals surface area (Å²) in [6.45, 7) is 0.0228. The van der Waals surface area contributed by atoms with Crippen LogP contribution in [-0.2, 0) is 14.8 Å². The highest BCUT2D eigenvalue weighted by molar-refractivity contribution is 7.89. The van der Waals surface area contributed by atoms with Gasteiger partial charge in [-0.25, -0.2) is 13.1 Å². The Morgan fingerprint density at radius 2 is 2.33 bits per heavy atom. The second-order valence-electron chi connectivity index (χ2n) is 3.59. The molecule has 18 heavy (non-hydrogen) atoms. The van der Waals surface area contributed by atoms with Gasteiger partial charge >= 0.3 is 0 Å². The molecule has 1 aromatic rings. The monoisotopic (exact) mass is 294 g/mol. The summed E-state index contributed by atoms with van der Waals surface area (Å²) in [5, 5.41) is 8.95. The van der Waals surface area contributed by atoms with Gasteiger partial charge in [0.25, 0.3) is 0 Å². The third-order valence-electron chi connectivity index (χ3n) is 2.19. The summed E-state index contributed by atoms with van der Waals surface area (Å²) < 4.78 is 31.4. The van der Waals surface area contributed by atoms with E-state index in [4.69, 9.17) is 21.4 Å². The molecule has 0 bridgehead atoms. The number of rotatable bonds is 7. The van der Waals surface area contributed by atoms with E-state index in [9.17, 15) is 8.42 Å². The first-order valence-corrected chi connectivity index (χ1v) is 7.09. The Balaban J connectivity index is 2.90. The van der Waals surface area contributed by atoms with E-state index < -0.39 is 16.1 Å². The van der Waals surface area contributed by atoms with Crippen LogP contribution in [0.1, 0.15) is 6.42 Å². The molecule has 0 saturated carbocycles. The highest BCUT2D eigenvalue weighted by Crippen LogP contribution is 2.19. The fraction of sp³-hybridized carbons (Fsp3) is 0.500. The Labute approximate surface area is 111 Å². The minimum absolute atomic E-state index is 0.0919. The van der Waals surface area contributed by atoms with Gasteiger partial charge < -0.3 is 9.84 Å². The lowest BCUT2D eigenvalue weighted by molar-refractivity contribution is 0.158. The fourth-order valence-electron chi connectivity index (χ4n) is 1.38. The number of halogens is 1. The van der Waals surface area contributed by atoms with Crippen molar-refractivity contribution in [1.29, 1.82) is 0 Å². The van der Waals surface area contributed by atoms with E-state index in [0.717, 1.165) is 0 Å². The molecule has 0 aromatic carbocycles. The fourth-order valence-corrected chi connectivity index (χ4v) is 3.06. The van der Waals surface area contributed by atoms with Gasteiger partial charge in [0.15, 0.2) is 0 Å². The minimum atomic E-state index is -3.77. The molecule has 1 unspecified atom stereocenters. The Morgan fingerprint density at radius 3 is 2.89 bits per heavy atom. The molecule has 1 atom stereocenters. The van der Waals surface area contributed by atoms with Crippen molar-refractivity contribution in [3.8, 4) is 0 Å². The number of ether oxygens (including phenoxy) is 1. The van der Waals surface area contributed by atoms with Gasteiger partial charge in [0, 0.05) is 32.2 Å². The van der Waals surface area contributed by atoms with Gasteiger partial charge in [-0.15, -0.1) is 0 Å². The van der Waals surface area contributed by atoms with Crippen molar-refractivity contribution >= 4 is 21.6 Å². The standard InChI is InChI=1S/C10H15ClN2O4S/c1-17-7-8(3-5-14)13-18(15,16)10-6-12-4-2-9(10)11/h2,4,6,8,13-14H,3,5,7H2,1H3. The van der Waals surface area contributed by atoms with E-state index in [-0.39, 0.29) is 29.6 Å². The van der Waals surface area contributed by atoms with E-state index in [2.05, 4.69) is 9.71 Å². The Morgan fingerprint density at radius 1 is 1.61 bits per heavy atom. The summed E-state index contributed by atoms with van der Waals surface area (Å²) in [6, 6.07) is 0.884. The second-order valence-corrected chi connectivity index (χ2v) is 5.68. The molecule has 102 valence electrons. The minimum Gasteiger partial charge on any atom is -0.396 e. The Kier molecular flexibility index (Phi) is 5.97. The summed E-state index contributed by atoms with van der Waals surface area (Å²) in [6.07, 6.45) is 2.83. The van der Waals surface area contributed by atoms with E-state index >= 15 is 0 Å². The molecule has 0 fully saturated rings. The summed E-state index contributed by atoms with van der Waals surface area (Å²) >= 11 is 5.81. The van der Waals surface area contributed by atoms with Crippen molar-refractivity contribution in [3.05, 3.63) is 23.5 Å². The van der Waals surface area contributed by atoms with Crippen molar-refractivity contribution in [2.24, 2.45) is 0 Å². The predicted octanol–water partition coefficient (Wildman–Crippen LogP) is 0.411. The molecule has 1 heterocycles. The van der Waals surface area contributed by atoms with Crippen LogP contribution in [-0.4, -0.2) is 44.9 Å². The average molecular weight is 295 g/mol. The molecule has 0 aliphatic rings. The number of hydrogen-bond donors (Lipinski definition) is 2. The van der Waals surface area contributed by atoms with Crippen LogP contribution in [0.25, 0.3) is 0 Å². The lowest BCUT2D eigenvalue weighted by Crippen LogP contribution is -2.38. The van der Waals surface area contributed by atoms with E-state index in [1.54, 1.807) is 0 Å². The van der Waals surface area contributed by atoms with Crippen LogP contribution in [0.5, 0.6) is 0 Å². The second kappa shape index (κ2) is 7.01. The topological polar surface area (TPSA) is 88.5 Å². The normalized spacial score (nSPS) is 13.5. The third kappa shape index (κ3) is 4.18. The zero-order valence-electron chi connectivity index (χ0n) is 9.84.